The number of rotatable bonds is 4. The first kappa shape index (κ1) is 19.7. The molecule has 0 aliphatic carbocycles. The van der Waals surface area contributed by atoms with Crippen LogP contribution in [0.2, 0.25) is 0 Å². The zero-order chi connectivity index (χ0) is 18.6. The number of ether oxygens (including phenoxy) is 2. The number of cyclic esters (lactones) is 2. The highest BCUT2D eigenvalue weighted by atomic mass is 16.6. The van der Waals surface area contributed by atoms with Crippen molar-refractivity contribution in [2.45, 2.75) is 31.3 Å². The zero-order valence-corrected chi connectivity index (χ0v) is 12.5. The molecule has 0 saturated carbocycles. The Balaban J connectivity index is 0.000000240. The smallest absolute Gasteiger partial charge is 0.377 e. The molecule has 2 aliphatic heterocycles. The number of hydrogen-bond acceptors (Lipinski definition) is 11. The molecule has 11 heteroatoms. The molecule has 4 atom stereocenters. The van der Waals surface area contributed by atoms with E-state index < -0.39 is 66.8 Å². The van der Waals surface area contributed by atoms with E-state index >= 15 is 0 Å². The Bertz CT molecular complexity index is 514. The molecule has 0 unspecified atom stereocenters. The van der Waals surface area contributed by atoms with E-state index in [1.165, 1.54) is 6.92 Å². The van der Waals surface area contributed by atoms with Crippen LogP contribution in [0.25, 0.3) is 0 Å². The van der Waals surface area contributed by atoms with Gasteiger partial charge in [0.25, 0.3) is 0 Å². The second-order valence-corrected chi connectivity index (χ2v) is 4.92. The molecule has 0 aromatic carbocycles. The largest absolute Gasteiger partial charge is 0.505 e. The third-order valence-electron chi connectivity index (χ3n) is 3.24. The number of carbonyl (C=O) groups excluding carboxylic acids is 2. The van der Waals surface area contributed by atoms with Crippen LogP contribution in [-0.2, 0) is 19.1 Å². The summed E-state index contributed by atoms with van der Waals surface area (Å²) >= 11 is 0. The quantitative estimate of drug-likeness (QED) is 0.269. The van der Waals surface area contributed by atoms with Crippen LogP contribution in [0.15, 0.2) is 22.9 Å². The first-order valence-electron chi connectivity index (χ1n) is 6.67. The minimum Gasteiger partial charge on any atom is -0.505 e. The lowest BCUT2D eigenvalue weighted by Crippen LogP contribution is -2.31. The van der Waals surface area contributed by atoms with Crippen molar-refractivity contribution in [1.82, 2.24) is 0 Å². The molecule has 2 aliphatic rings. The Labute approximate surface area is 135 Å². The van der Waals surface area contributed by atoms with Crippen molar-refractivity contribution in [1.29, 1.82) is 0 Å². The second kappa shape index (κ2) is 7.97. The Kier molecular flexibility index (Phi) is 6.54. The summed E-state index contributed by atoms with van der Waals surface area (Å²) in [6.45, 7) is 0.279. The predicted molar refractivity (Wildman–Crippen MR) is 73.6 cm³/mol. The molecule has 0 aromatic rings. The van der Waals surface area contributed by atoms with E-state index in [2.05, 4.69) is 9.47 Å². The fourth-order valence-corrected chi connectivity index (χ4v) is 1.84. The van der Waals surface area contributed by atoms with Gasteiger partial charge >= 0.3 is 11.9 Å². The summed E-state index contributed by atoms with van der Waals surface area (Å²) in [6.07, 6.45) is -4.86. The van der Waals surface area contributed by atoms with Crippen LogP contribution in [0.5, 0.6) is 0 Å². The van der Waals surface area contributed by atoms with Crippen LogP contribution in [0.4, 0.5) is 0 Å². The summed E-state index contributed by atoms with van der Waals surface area (Å²) < 4.78 is 8.88. The molecular weight excluding hydrogens is 332 g/mol. The third-order valence-corrected chi connectivity index (χ3v) is 3.24. The van der Waals surface area contributed by atoms with Gasteiger partial charge in [0.15, 0.2) is 18.0 Å². The van der Waals surface area contributed by atoms with Crippen molar-refractivity contribution in [2.24, 2.45) is 0 Å². The standard InChI is InChI=1S/C7H10O5.C6H8O6/c1-3-5(10)7(11)12-6(3)4(9)2-8;7-1-2(8)5-3(9)4(10)6(11)12-5/h4,6,8-10H,2H2,1H3;2,5,7-10H,1H2/t4-,6-;2-,5+/m00/s1. The van der Waals surface area contributed by atoms with E-state index in [9.17, 15) is 9.59 Å². The Morgan fingerprint density at radius 1 is 0.875 bits per heavy atom. The van der Waals surface area contributed by atoms with Gasteiger partial charge in [-0.15, -0.1) is 0 Å². The summed E-state index contributed by atoms with van der Waals surface area (Å²) in [4.78, 5) is 21.2. The summed E-state index contributed by atoms with van der Waals surface area (Å²) in [6, 6.07) is 0. The van der Waals surface area contributed by atoms with Crippen molar-refractivity contribution < 1.29 is 54.8 Å². The number of carbonyl (C=O) groups is 2. The normalized spacial score (nSPS) is 25.9. The van der Waals surface area contributed by atoms with Crippen LogP contribution in [0, 0.1) is 0 Å². The van der Waals surface area contributed by atoms with Gasteiger partial charge in [0.1, 0.15) is 12.2 Å². The first-order valence-corrected chi connectivity index (χ1v) is 6.67. The van der Waals surface area contributed by atoms with E-state index in [0.717, 1.165) is 0 Å². The maximum absolute atomic E-state index is 10.7. The molecule has 2 rings (SSSR count). The number of aliphatic hydroxyl groups is 7. The lowest BCUT2D eigenvalue weighted by atomic mass is 10.1. The minimum absolute atomic E-state index is 0.251. The van der Waals surface area contributed by atoms with Crippen LogP contribution in [0.3, 0.4) is 0 Å². The predicted octanol–water partition coefficient (Wildman–Crippen LogP) is -2.31. The highest BCUT2D eigenvalue weighted by Crippen LogP contribution is 2.22. The average Bonchev–Trinajstić information content (AvgIpc) is 2.98. The molecule has 7 N–H and O–H groups in total. The highest BCUT2D eigenvalue weighted by molar-refractivity contribution is 5.89. The summed E-state index contributed by atoms with van der Waals surface area (Å²) in [5.74, 6) is -4.11. The van der Waals surface area contributed by atoms with Crippen LogP contribution in [-0.4, -0.2) is 85.3 Å². The molecule has 0 saturated heterocycles. The zero-order valence-electron chi connectivity index (χ0n) is 12.5. The van der Waals surface area contributed by atoms with Gasteiger partial charge in [-0.2, -0.15) is 0 Å². The maximum atomic E-state index is 10.7. The monoisotopic (exact) mass is 350 g/mol. The topological polar surface area (TPSA) is 194 Å². The van der Waals surface area contributed by atoms with E-state index in [4.69, 9.17) is 35.7 Å². The summed E-state index contributed by atoms with van der Waals surface area (Å²) in [5.41, 5.74) is 0.251. The molecule has 11 nitrogen and oxygen atoms in total. The molecule has 0 radical (unpaired) electrons. The van der Waals surface area contributed by atoms with Crippen molar-refractivity contribution in [3.63, 3.8) is 0 Å². The Hall–Kier alpha value is -2.34. The SMILES string of the molecule is CC1=C(O)C(=O)O[C@@H]1[C@@H](O)CO.O=C1O[C@H]([C@@H](O)CO)C(O)=C1O. The fraction of sp³-hybridized carbons (Fsp3) is 0.538. The molecule has 2 heterocycles. The van der Waals surface area contributed by atoms with E-state index in [1.54, 1.807) is 0 Å². The first-order chi connectivity index (χ1) is 11.1. The maximum Gasteiger partial charge on any atom is 0.377 e. The van der Waals surface area contributed by atoms with E-state index in [1.807, 2.05) is 0 Å². The van der Waals surface area contributed by atoms with Gasteiger partial charge in [0, 0.05) is 5.57 Å². The average molecular weight is 350 g/mol. The molecule has 0 bridgehead atoms. The van der Waals surface area contributed by atoms with E-state index in [0.29, 0.717) is 0 Å². The van der Waals surface area contributed by atoms with Crippen LogP contribution >= 0.6 is 0 Å². The van der Waals surface area contributed by atoms with Gasteiger partial charge in [-0.25, -0.2) is 9.59 Å². The molecule has 136 valence electrons. The van der Waals surface area contributed by atoms with Crippen LogP contribution < -0.4 is 0 Å². The lowest BCUT2D eigenvalue weighted by molar-refractivity contribution is -0.148. The van der Waals surface area contributed by atoms with Crippen molar-refractivity contribution in [2.75, 3.05) is 13.2 Å². The van der Waals surface area contributed by atoms with Gasteiger partial charge in [-0.05, 0) is 6.92 Å². The number of hydrogen-bond donors (Lipinski definition) is 7. The summed E-state index contributed by atoms with van der Waals surface area (Å²) in [7, 11) is 0. The number of aliphatic hydroxyl groups excluding tert-OH is 7. The van der Waals surface area contributed by atoms with Gasteiger partial charge in [-0.3, -0.25) is 0 Å². The summed E-state index contributed by atoms with van der Waals surface area (Å²) in [5, 5.41) is 61.7. The van der Waals surface area contributed by atoms with Crippen molar-refractivity contribution >= 4 is 11.9 Å². The molecule has 0 spiro atoms. The Morgan fingerprint density at radius 2 is 1.29 bits per heavy atom. The molecule has 0 amide bonds. The lowest BCUT2D eigenvalue weighted by Gasteiger charge is -2.15. The molecule has 0 aromatic heterocycles. The van der Waals surface area contributed by atoms with E-state index in [-0.39, 0.29) is 5.57 Å². The van der Waals surface area contributed by atoms with Gasteiger partial charge in [0.2, 0.25) is 11.5 Å². The highest BCUT2D eigenvalue weighted by Gasteiger charge is 2.38. The van der Waals surface area contributed by atoms with Crippen LogP contribution in [0.1, 0.15) is 6.92 Å². The Morgan fingerprint density at radius 3 is 1.62 bits per heavy atom. The molecular formula is C13H18O11. The van der Waals surface area contributed by atoms with Crippen molar-refractivity contribution in [3.05, 3.63) is 22.9 Å². The second-order valence-electron chi connectivity index (χ2n) is 4.92. The van der Waals surface area contributed by atoms with Gasteiger partial charge in [-0.1, -0.05) is 0 Å². The van der Waals surface area contributed by atoms with Gasteiger partial charge in [0.05, 0.1) is 13.2 Å². The van der Waals surface area contributed by atoms with Gasteiger partial charge < -0.3 is 45.2 Å². The fourth-order valence-electron chi connectivity index (χ4n) is 1.84. The third kappa shape index (κ3) is 3.94. The minimum atomic E-state index is -1.42. The number of esters is 2. The molecule has 0 fully saturated rings. The van der Waals surface area contributed by atoms with Crippen molar-refractivity contribution in [3.8, 4) is 0 Å². The molecule has 24 heavy (non-hydrogen) atoms.